The van der Waals surface area contributed by atoms with Crippen molar-refractivity contribution in [1.82, 2.24) is 14.8 Å². The van der Waals surface area contributed by atoms with E-state index in [1.807, 2.05) is 0 Å². The molecule has 0 radical (unpaired) electrons. The average Bonchev–Trinajstić information content (AvgIpc) is 3.26. The van der Waals surface area contributed by atoms with Crippen LogP contribution in [0.4, 0.5) is 10.2 Å². The Morgan fingerprint density at radius 1 is 1.35 bits per heavy atom. The van der Waals surface area contributed by atoms with Crippen LogP contribution in [0.15, 0.2) is 12.3 Å². The lowest BCUT2D eigenvalue weighted by molar-refractivity contribution is 0.0632. The fraction of sp³-hybridized carbons (Fsp3) is 0.571. The van der Waals surface area contributed by atoms with E-state index in [0.717, 1.165) is 31.7 Å². The Hall–Kier alpha value is -1.69. The minimum Gasteiger partial charge on any atom is -0.383 e. The molecule has 1 aliphatic heterocycles. The predicted octanol–water partition coefficient (Wildman–Crippen LogP) is 0.971. The van der Waals surface area contributed by atoms with Gasteiger partial charge in [0.05, 0.1) is 11.8 Å². The summed E-state index contributed by atoms with van der Waals surface area (Å²) in [6.45, 7) is 4.24. The maximum atomic E-state index is 13.2. The number of piperazine rings is 1. The van der Waals surface area contributed by atoms with Crippen molar-refractivity contribution < 1.29 is 9.18 Å². The number of aromatic nitrogens is 1. The summed E-state index contributed by atoms with van der Waals surface area (Å²) < 4.78 is 13.2. The van der Waals surface area contributed by atoms with Gasteiger partial charge in [0, 0.05) is 32.7 Å². The Labute approximate surface area is 117 Å². The second kappa shape index (κ2) is 5.36. The molecule has 108 valence electrons. The fourth-order valence-electron chi connectivity index (χ4n) is 2.59. The van der Waals surface area contributed by atoms with E-state index >= 15 is 0 Å². The zero-order valence-corrected chi connectivity index (χ0v) is 11.4. The molecular weight excluding hydrogens is 259 g/mol. The molecule has 5 nitrogen and oxygen atoms in total. The molecule has 1 aliphatic carbocycles. The smallest absolute Gasteiger partial charge is 0.257 e. The third kappa shape index (κ3) is 2.90. The van der Waals surface area contributed by atoms with Crippen molar-refractivity contribution in [1.29, 1.82) is 0 Å². The average molecular weight is 278 g/mol. The van der Waals surface area contributed by atoms with Crippen molar-refractivity contribution in [3.63, 3.8) is 0 Å². The van der Waals surface area contributed by atoms with E-state index in [1.165, 1.54) is 18.9 Å². The molecule has 0 bridgehead atoms. The summed E-state index contributed by atoms with van der Waals surface area (Å²) in [7, 11) is 0. The Morgan fingerprint density at radius 3 is 2.70 bits per heavy atom. The van der Waals surface area contributed by atoms with Gasteiger partial charge >= 0.3 is 0 Å². The second-order valence-electron chi connectivity index (χ2n) is 5.62. The second-order valence-corrected chi connectivity index (χ2v) is 5.62. The quantitative estimate of drug-likeness (QED) is 0.895. The fourth-order valence-corrected chi connectivity index (χ4v) is 2.59. The van der Waals surface area contributed by atoms with E-state index in [4.69, 9.17) is 5.73 Å². The zero-order valence-electron chi connectivity index (χ0n) is 11.4. The molecule has 0 atom stereocenters. The van der Waals surface area contributed by atoms with Gasteiger partial charge in [-0.25, -0.2) is 9.37 Å². The number of rotatable bonds is 3. The van der Waals surface area contributed by atoms with Crippen LogP contribution in [0, 0.1) is 11.7 Å². The van der Waals surface area contributed by atoms with Crippen LogP contribution in [0.2, 0.25) is 0 Å². The standard InChI is InChI=1S/C14H19FN4O/c15-11-7-12(13(16)17-8-11)14(20)19-5-3-18(4-6-19)9-10-1-2-10/h7-8,10H,1-6,9H2,(H2,16,17). The molecule has 1 aromatic heterocycles. The first-order valence-corrected chi connectivity index (χ1v) is 7.06. The lowest BCUT2D eigenvalue weighted by atomic mass is 10.2. The van der Waals surface area contributed by atoms with Crippen LogP contribution in [0.25, 0.3) is 0 Å². The molecule has 3 rings (SSSR count). The summed E-state index contributed by atoms with van der Waals surface area (Å²) in [5, 5.41) is 0. The van der Waals surface area contributed by atoms with Gasteiger partial charge in [0.25, 0.3) is 5.91 Å². The highest BCUT2D eigenvalue weighted by Gasteiger charge is 2.28. The van der Waals surface area contributed by atoms with Crippen LogP contribution in [-0.2, 0) is 0 Å². The lowest BCUT2D eigenvalue weighted by Crippen LogP contribution is -2.49. The van der Waals surface area contributed by atoms with E-state index in [-0.39, 0.29) is 17.3 Å². The van der Waals surface area contributed by atoms with Gasteiger partial charge in [-0.15, -0.1) is 0 Å². The number of anilines is 1. The first kappa shape index (κ1) is 13.3. The van der Waals surface area contributed by atoms with Crippen molar-refractivity contribution in [2.45, 2.75) is 12.8 Å². The summed E-state index contributed by atoms with van der Waals surface area (Å²) in [6, 6.07) is 1.17. The van der Waals surface area contributed by atoms with Gasteiger partial charge in [-0.05, 0) is 24.8 Å². The zero-order chi connectivity index (χ0) is 14.1. The van der Waals surface area contributed by atoms with E-state index in [2.05, 4.69) is 9.88 Å². The largest absolute Gasteiger partial charge is 0.383 e. The molecule has 0 aromatic carbocycles. The van der Waals surface area contributed by atoms with Crippen LogP contribution >= 0.6 is 0 Å². The Morgan fingerprint density at radius 2 is 2.05 bits per heavy atom. The van der Waals surface area contributed by atoms with Gasteiger partial charge in [0.15, 0.2) is 0 Å². The molecule has 2 N–H and O–H groups in total. The molecular formula is C14H19FN4O. The van der Waals surface area contributed by atoms with Crippen LogP contribution in [0.3, 0.4) is 0 Å². The number of hydrogen-bond donors (Lipinski definition) is 1. The van der Waals surface area contributed by atoms with Gasteiger partial charge in [-0.2, -0.15) is 0 Å². The molecule has 2 fully saturated rings. The number of pyridine rings is 1. The monoisotopic (exact) mass is 278 g/mol. The van der Waals surface area contributed by atoms with Gasteiger partial charge < -0.3 is 10.6 Å². The van der Waals surface area contributed by atoms with Gasteiger partial charge in [-0.1, -0.05) is 0 Å². The number of nitrogens with two attached hydrogens (primary N) is 1. The molecule has 0 unspecified atom stereocenters. The first-order valence-electron chi connectivity index (χ1n) is 7.06. The Bertz CT molecular complexity index is 510. The predicted molar refractivity (Wildman–Crippen MR) is 73.7 cm³/mol. The van der Waals surface area contributed by atoms with Gasteiger partial charge in [0.2, 0.25) is 0 Å². The number of hydrogen-bond acceptors (Lipinski definition) is 4. The molecule has 20 heavy (non-hydrogen) atoms. The lowest BCUT2D eigenvalue weighted by Gasteiger charge is -2.34. The number of nitrogens with zero attached hydrogens (tertiary/aromatic N) is 3. The summed E-state index contributed by atoms with van der Waals surface area (Å²) in [6.07, 6.45) is 3.70. The SMILES string of the molecule is Nc1ncc(F)cc1C(=O)N1CCN(CC2CC2)CC1. The highest BCUT2D eigenvalue weighted by molar-refractivity contribution is 5.98. The van der Waals surface area contributed by atoms with Gasteiger partial charge in [-0.3, -0.25) is 9.69 Å². The number of carbonyl (C=O) groups is 1. The number of nitrogen functional groups attached to an aromatic ring is 1. The van der Waals surface area contributed by atoms with E-state index in [0.29, 0.717) is 13.1 Å². The van der Waals surface area contributed by atoms with Crippen LogP contribution in [0.1, 0.15) is 23.2 Å². The summed E-state index contributed by atoms with van der Waals surface area (Å²) in [4.78, 5) is 20.2. The van der Waals surface area contributed by atoms with E-state index < -0.39 is 5.82 Å². The van der Waals surface area contributed by atoms with Crippen molar-refractivity contribution in [2.75, 3.05) is 38.5 Å². The maximum absolute atomic E-state index is 13.2. The number of halogens is 1. The molecule has 6 heteroatoms. The molecule has 1 aromatic rings. The molecule has 1 amide bonds. The highest BCUT2D eigenvalue weighted by atomic mass is 19.1. The number of amides is 1. The molecule has 1 saturated heterocycles. The number of carbonyl (C=O) groups excluding carboxylic acids is 1. The topological polar surface area (TPSA) is 62.5 Å². The van der Waals surface area contributed by atoms with Crippen molar-refractivity contribution in [2.24, 2.45) is 5.92 Å². The maximum Gasteiger partial charge on any atom is 0.257 e. The normalized spacial score (nSPS) is 20.1. The molecule has 0 spiro atoms. The third-order valence-corrected chi connectivity index (χ3v) is 3.99. The first-order chi connectivity index (χ1) is 9.63. The summed E-state index contributed by atoms with van der Waals surface area (Å²) in [5.41, 5.74) is 5.83. The van der Waals surface area contributed by atoms with E-state index in [9.17, 15) is 9.18 Å². The van der Waals surface area contributed by atoms with E-state index in [1.54, 1.807) is 4.90 Å². The van der Waals surface area contributed by atoms with Crippen LogP contribution < -0.4 is 5.73 Å². The Balaban J connectivity index is 1.61. The van der Waals surface area contributed by atoms with Crippen molar-refractivity contribution in [3.05, 3.63) is 23.6 Å². The van der Waals surface area contributed by atoms with Gasteiger partial charge in [0.1, 0.15) is 11.6 Å². The summed E-state index contributed by atoms with van der Waals surface area (Å²) in [5.74, 6) is 0.201. The van der Waals surface area contributed by atoms with Crippen molar-refractivity contribution in [3.8, 4) is 0 Å². The third-order valence-electron chi connectivity index (χ3n) is 3.99. The van der Waals surface area contributed by atoms with Crippen molar-refractivity contribution >= 4 is 11.7 Å². The molecule has 1 saturated carbocycles. The summed E-state index contributed by atoms with van der Waals surface area (Å²) >= 11 is 0. The highest BCUT2D eigenvalue weighted by Crippen LogP contribution is 2.30. The molecule has 2 aliphatic rings. The minimum atomic E-state index is -0.532. The molecule has 2 heterocycles. The van der Waals surface area contributed by atoms with Crippen LogP contribution in [0.5, 0.6) is 0 Å². The minimum absolute atomic E-state index is 0.0943. The van der Waals surface area contributed by atoms with Crippen LogP contribution in [-0.4, -0.2) is 53.4 Å². The Kier molecular flexibility index (Phi) is 3.56.